The predicted molar refractivity (Wildman–Crippen MR) is 61.3 cm³/mol. The first-order valence-electron chi connectivity index (χ1n) is 5.68. The highest BCUT2D eigenvalue weighted by Crippen LogP contribution is 2.25. The molecule has 1 aromatic heterocycles. The van der Waals surface area contributed by atoms with E-state index >= 15 is 0 Å². The summed E-state index contributed by atoms with van der Waals surface area (Å²) in [5, 5.41) is 9.09. The monoisotopic (exact) mass is 222 g/mol. The van der Waals surface area contributed by atoms with Crippen LogP contribution in [0.5, 0.6) is 5.75 Å². The Balaban J connectivity index is 1.79. The normalized spacial score (nSPS) is 15.4. The Labute approximate surface area is 95.9 Å². The number of likely N-dealkylation sites (N-methyl/N-ethyl adjacent to an activating group) is 1. The fourth-order valence-corrected chi connectivity index (χ4v) is 1.67. The summed E-state index contributed by atoms with van der Waals surface area (Å²) in [6.07, 6.45) is 5.94. The summed E-state index contributed by atoms with van der Waals surface area (Å²) in [4.78, 5) is 6.27. The van der Waals surface area contributed by atoms with Gasteiger partial charge in [0.15, 0.2) is 0 Å². The number of hydrogen-bond donors (Lipinski definition) is 1. The first-order chi connectivity index (χ1) is 7.81. The van der Waals surface area contributed by atoms with Crippen molar-refractivity contribution in [2.75, 3.05) is 20.2 Å². The second-order valence-corrected chi connectivity index (χ2v) is 4.20. The molecule has 88 valence electrons. The van der Waals surface area contributed by atoms with Gasteiger partial charge in [-0.25, -0.2) is 0 Å². The summed E-state index contributed by atoms with van der Waals surface area (Å²) in [6, 6.07) is 2.56. The number of hydrogen-bond acceptors (Lipinski definition) is 4. The Morgan fingerprint density at radius 3 is 3.06 bits per heavy atom. The van der Waals surface area contributed by atoms with Crippen LogP contribution in [-0.2, 0) is 6.61 Å². The number of aliphatic hydroxyl groups excluding tert-OH is 1. The van der Waals surface area contributed by atoms with Gasteiger partial charge in [0.2, 0.25) is 0 Å². The van der Waals surface area contributed by atoms with E-state index in [4.69, 9.17) is 9.84 Å². The predicted octanol–water partition coefficient (Wildman–Crippen LogP) is 1.05. The summed E-state index contributed by atoms with van der Waals surface area (Å²) in [7, 11) is 2.13. The molecule has 1 aliphatic rings. The van der Waals surface area contributed by atoms with Gasteiger partial charge in [0, 0.05) is 30.5 Å². The van der Waals surface area contributed by atoms with E-state index in [1.54, 1.807) is 18.5 Å². The van der Waals surface area contributed by atoms with Gasteiger partial charge < -0.3 is 14.7 Å². The number of aliphatic hydroxyl groups is 1. The number of ether oxygens (including phenoxy) is 1. The summed E-state index contributed by atoms with van der Waals surface area (Å²) in [5.41, 5.74) is 0.747. The number of nitrogens with zero attached hydrogens (tertiary/aromatic N) is 2. The van der Waals surface area contributed by atoms with Crippen molar-refractivity contribution in [2.45, 2.75) is 25.5 Å². The van der Waals surface area contributed by atoms with Crippen molar-refractivity contribution in [3.05, 3.63) is 24.0 Å². The van der Waals surface area contributed by atoms with E-state index in [9.17, 15) is 0 Å². The molecule has 0 saturated heterocycles. The van der Waals surface area contributed by atoms with Gasteiger partial charge in [-0.1, -0.05) is 0 Å². The van der Waals surface area contributed by atoms with E-state index in [0.717, 1.165) is 23.9 Å². The van der Waals surface area contributed by atoms with Gasteiger partial charge in [-0.15, -0.1) is 0 Å². The second kappa shape index (κ2) is 5.27. The average Bonchev–Trinajstić information content (AvgIpc) is 3.13. The minimum Gasteiger partial charge on any atom is -0.492 e. The van der Waals surface area contributed by atoms with Crippen LogP contribution in [0.3, 0.4) is 0 Å². The molecule has 1 fully saturated rings. The molecule has 0 bridgehead atoms. The molecule has 1 saturated carbocycles. The number of rotatable bonds is 6. The van der Waals surface area contributed by atoms with Gasteiger partial charge in [-0.3, -0.25) is 4.98 Å². The summed E-state index contributed by atoms with van der Waals surface area (Å²) in [5.74, 6) is 0.738. The number of pyridine rings is 1. The van der Waals surface area contributed by atoms with Crippen LogP contribution in [0.1, 0.15) is 18.4 Å². The Kier molecular flexibility index (Phi) is 3.74. The molecule has 16 heavy (non-hydrogen) atoms. The largest absolute Gasteiger partial charge is 0.492 e. The third kappa shape index (κ3) is 2.93. The lowest BCUT2D eigenvalue weighted by molar-refractivity contribution is 0.222. The maximum Gasteiger partial charge on any atom is 0.127 e. The smallest absolute Gasteiger partial charge is 0.127 e. The van der Waals surface area contributed by atoms with Crippen molar-refractivity contribution in [2.24, 2.45) is 0 Å². The molecule has 0 atom stereocenters. The topological polar surface area (TPSA) is 45.6 Å². The molecule has 2 rings (SSSR count). The van der Waals surface area contributed by atoms with Crippen LogP contribution in [0.2, 0.25) is 0 Å². The van der Waals surface area contributed by atoms with Crippen molar-refractivity contribution in [3.63, 3.8) is 0 Å². The van der Waals surface area contributed by atoms with Crippen molar-refractivity contribution in [3.8, 4) is 5.75 Å². The quantitative estimate of drug-likeness (QED) is 0.781. The first-order valence-corrected chi connectivity index (χ1v) is 5.68. The lowest BCUT2D eigenvalue weighted by Crippen LogP contribution is -2.26. The standard InChI is InChI=1S/C12H18N2O2/c1-14(11-2-3-11)6-7-16-12-4-5-13-8-10(12)9-15/h4-5,8,11,15H,2-3,6-7,9H2,1H3. The lowest BCUT2D eigenvalue weighted by atomic mass is 10.3. The van der Waals surface area contributed by atoms with Crippen LogP contribution >= 0.6 is 0 Å². The van der Waals surface area contributed by atoms with Crippen molar-refractivity contribution < 1.29 is 9.84 Å². The molecular weight excluding hydrogens is 204 g/mol. The molecule has 1 aliphatic carbocycles. The zero-order chi connectivity index (χ0) is 11.4. The van der Waals surface area contributed by atoms with E-state index in [1.807, 2.05) is 0 Å². The van der Waals surface area contributed by atoms with Crippen LogP contribution in [0.15, 0.2) is 18.5 Å². The Morgan fingerprint density at radius 1 is 1.56 bits per heavy atom. The molecule has 0 amide bonds. The maximum atomic E-state index is 9.09. The van der Waals surface area contributed by atoms with Gasteiger partial charge in [0.25, 0.3) is 0 Å². The molecule has 1 aromatic rings. The molecule has 1 heterocycles. The van der Waals surface area contributed by atoms with Crippen molar-refractivity contribution in [1.29, 1.82) is 0 Å². The van der Waals surface area contributed by atoms with Gasteiger partial charge in [-0.2, -0.15) is 0 Å². The van der Waals surface area contributed by atoms with Crippen molar-refractivity contribution in [1.82, 2.24) is 9.88 Å². The summed E-state index contributed by atoms with van der Waals surface area (Å²) in [6.45, 7) is 1.56. The third-order valence-electron chi connectivity index (χ3n) is 2.90. The van der Waals surface area contributed by atoms with Crippen LogP contribution in [0.4, 0.5) is 0 Å². The lowest BCUT2D eigenvalue weighted by Gasteiger charge is -2.16. The van der Waals surface area contributed by atoms with Gasteiger partial charge >= 0.3 is 0 Å². The molecular formula is C12H18N2O2. The average molecular weight is 222 g/mol. The summed E-state index contributed by atoms with van der Waals surface area (Å²) < 4.78 is 5.63. The molecule has 1 N–H and O–H groups in total. The molecule has 0 spiro atoms. The SMILES string of the molecule is CN(CCOc1ccncc1CO)C1CC1. The fourth-order valence-electron chi connectivity index (χ4n) is 1.67. The molecule has 0 aliphatic heterocycles. The maximum absolute atomic E-state index is 9.09. The van der Waals surface area contributed by atoms with Crippen LogP contribution in [0, 0.1) is 0 Å². The zero-order valence-corrected chi connectivity index (χ0v) is 9.59. The van der Waals surface area contributed by atoms with E-state index in [0.29, 0.717) is 6.61 Å². The minimum atomic E-state index is -0.0262. The van der Waals surface area contributed by atoms with E-state index in [-0.39, 0.29) is 6.61 Å². The molecule has 0 aromatic carbocycles. The number of aromatic nitrogens is 1. The second-order valence-electron chi connectivity index (χ2n) is 4.20. The highest BCUT2D eigenvalue weighted by atomic mass is 16.5. The molecule has 4 heteroatoms. The summed E-state index contributed by atoms with van der Waals surface area (Å²) >= 11 is 0. The van der Waals surface area contributed by atoms with Crippen molar-refractivity contribution >= 4 is 0 Å². The van der Waals surface area contributed by atoms with Gasteiger partial charge in [0.1, 0.15) is 12.4 Å². The Morgan fingerprint density at radius 2 is 2.38 bits per heavy atom. The van der Waals surface area contributed by atoms with E-state index < -0.39 is 0 Å². The zero-order valence-electron chi connectivity index (χ0n) is 9.59. The molecule has 0 radical (unpaired) electrons. The van der Waals surface area contributed by atoms with Gasteiger partial charge in [0.05, 0.1) is 6.61 Å². The molecule has 4 nitrogen and oxygen atoms in total. The highest BCUT2D eigenvalue weighted by molar-refractivity contribution is 5.29. The van der Waals surface area contributed by atoms with Crippen LogP contribution in [-0.4, -0.2) is 41.2 Å². The van der Waals surface area contributed by atoms with E-state index in [1.165, 1.54) is 12.8 Å². The van der Waals surface area contributed by atoms with E-state index in [2.05, 4.69) is 16.9 Å². The Bertz CT molecular complexity index is 340. The fraction of sp³-hybridized carbons (Fsp3) is 0.583. The Hall–Kier alpha value is -1.13. The van der Waals surface area contributed by atoms with Gasteiger partial charge in [-0.05, 0) is 26.0 Å². The minimum absolute atomic E-state index is 0.0262. The van der Waals surface area contributed by atoms with Crippen LogP contribution < -0.4 is 4.74 Å². The molecule has 0 unspecified atom stereocenters. The third-order valence-corrected chi connectivity index (χ3v) is 2.90. The highest BCUT2D eigenvalue weighted by Gasteiger charge is 2.25. The first kappa shape index (κ1) is 11.4. The van der Waals surface area contributed by atoms with Crippen LogP contribution in [0.25, 0.3) is 0 Å².